The van der Waals surface area contributed by atoms with Crippen LogP contribution in [0.4, 0.5) is 16.2 Å². The number of carbonyl (C=O) groups is 1. The van der Waals surface area contributed by atoms with E-state index in [0.717, 1.165) is 5.56 Å². The molecular formula is C23H24N2O7S2. The van der Waals surface area contributed by atoms with E-state index < -0.39 is 26.3 Å². The van der Waals surface area contributed by atoms with Gasteiger partial charge in [-0.1, -0.05) is 24.6 Å². The third-order valence-corrected chi connectivity index (χ3v) is 7.03. The number of amides is 2. The van der Waals surface area contributed by atoms with Gasteiger partial charge >= 0.3 is 26.3 Å². The molecule has 0 radical (unpaired) electrons. The van der Waals surface area contributed by atoms with Crippen LogP contribution >= 0.6 is 0 Å². The van der Waals surface area contributed by atoms with Crippen LogP contribution in [0.1, 0.15) is 18.9 Å². The molecule has 0 aromatic heterocycles. The van der Waals surface area contributed by atoms with Crippen LogP contribution in [0.2, 0.25) is 0 Å². The van der Waals surface area contributed by atoms with E-state index in [0.29, 0.717) is 17.8 Å². The highest BCUT2D eigenvalue weighted by Gasteiger charge is 2.16. The minimum atomic E-state index is -3.97. The fraction of sp³-hybridized carbons (Fsp3) is 0.174. The summed E-state index contributed by atoms with van der Waals surface area (Å²) in [6.45, 7) is 3.59. The summed E-state index contributed by atoms with van der Waals surface area (Å²) >= 11 is 0. The first-order valence-electron chi connectivity index (χ1n) is 10.3. The predicted octanol–water partition coefficient (Wildman–Crippen LogP) is 4.53. The lowest BCUT2D eigenvalue weighted by molar-refractivity contribution is 0.262. The van der Waals surface area contributed by atoms with Crippen molar-refractivity contribution in [2.75, 3.05) is 16.4 Å². The van der Waals surface area contributed by atoms with Crippen molar-refractivity contribution >= 4 is 37.6 Å². The summed E-state index contributed by atoms with van der Waals surface area (Å²) in [5, 5.41) is 5.21. The topological polar surface area (TPSA) is 128 Å². The fourth-order valence-corrected chi connectivity index (χ4v) is 4.72. The molecule has 0 atom stereocenters. The Morgan fingerprint density at radius 3 is 1.68 bits per heavy atom. The van der Waals surface area contributed by atoms with Crippen LogP contribution in [0.15, 0.2) is 77.7 Å². The molecule has 0 spiro atoms. The van der Waals surface area contributed by atoms with Crippen molar-refractivity contribution < 1.29 is 30.0 Å². The van der Waals surface area contributed by atoms with Crippen LogP contribution in [0.3, 0.4) is 0 Å². The van der Waals surface area contributed by atoms with Crippen molar-refractivity contribution in [2.24, 2.45) is 0 Å². The van der Waals surface area contributed by atoms with E-state index in [9.17, 15) is 21.6 Å². The van der Waals surface area contributed by atoms with Crippen LogP contribution in [-0.2, 0) is 20.2 Å². The highest BCUT2D eigenvalue weighted by atomic mass is 32.2. The number of aryl methyl sites for hydroxylation is 1. The third-order valence-electron chi connectivity index (χ3n) is 4.42. The summed E-state index contributed by atoms with van der Waals surface area (Å²) in [5.74, 6) is 0.160. The van der Waals surface area contributed by atoms with E-state index in [2.05, 4.69) is 10.6 Å². The van der Waals surface area contributed by atoms with E-state index in [-0.39, 0.29) is 22.1 Å². The molecule has 11 heteroatoms. The molecular weight excluding hydrogens is 480 g/mol. The van der Waals surface area contributed by atoms with E-state index >= 15 is 0 Å². The number of nitrogens with one attached hydrogen (secondary N) is 2. The van der Waals surface area contributed by atoms with E-state index in [1.807, 2.05) is 6.92 Å². The van der Waals surface area contributed by atoms with Gasteiger partial charge in [-0.25, -0.2) is 4.79 Å². The van der Waals surface area contributed by atoms with Crippen LogP contribution in [-0.4, -0.2) is 28.6 Å². The second-order valence-corrected chi connectivity index (χ2v) is 10.6. The van der Waals surface area contributed by atoms with Crippen LogP contribution in [0.25, 0.3) is 0 Å². The number of carbonyl (C=O) groups excluding carboxylic acids is 1. The molecule has 0 bridgehead atoms. The minimum Gasteiger partial charge on any atom is -0.382 e. The van der Waals surface area contributed by atoms with Crippen molar-refractivity contribution in [2.45, 2.75) is 25.2 Å². The number of hydrogen-bond acceptors (Lipinski definition) is 7. The van der Waals surface area contributed by atoms with Gasteiger partial charge < -0.3 is 19.0 Å². The van der Waals surface area contributed by atoms with E-state index in [4.69, 9.17) is 8.37 Å². The van der Waals surface area contributed by atoms with Crippen molar-refractivity contribution in [3.05, 3.63) is 78.4 Å². The average Bonchev–Trinajstić information content (AvgIpc) is 2.76. The number of urea groups is 1. The highest BCUT2D eigenvalue weighted by molar-refractivity contribution is 7.87. The zero-order valence-corrected chi connectivity index (χ0v) is 20.1. The summed E-state index contributed by atoms with van der Waals surface area (Å²) in [7, 11) is -7.61. The van der Waals surface area contributed by atoms with Crippen molar-refractivity contribution in [3.63, 3.8) is 0 Å². The third kappa shape index (κ3) is 7.22. The molecule has 0 aliphatic rings. The van der Waals surface area contributed by atoms with Crippen molar-refractivity contribution in [3.8, 4) is 11.5 Å². The first kappa shape index (κ1) is 25.1. The molecule has 3 aromatic carbocycles. The predicted molar refractivity (Wildman–Crippen MR) is 129 cm³/mol. The molecule has 0 heterocycles. The van der Waals surface area contributed by atoms with Gasteiger partial charge in [0.15, 0.2) is 0 Å². The lowest BCUT2D eigenvalue weighted by atomic mass is 10.2. The SMILES string of the molecule is CCCS(=O)(=O)Oc1ccc(NC(=O)Nc2ccc(OS(=O)(=O)c3ccc(C)cc3)cc2)cc1. The van der Waals surface area contributed by atoms with Crippen LogP contribution < -0.4 is 19.0 Å². The summed E-state index contributed by atoms with van der Waals surface area (Å²) in [4.78, 5) is 12.3. The maximum atomic E-state index is 12.4. The first-order valence-corrected chi connectivity index (χ1v) is 13.3. The molecule has 3 aromatic rings. The molecule has 0 aliphatic heterocycles. The molecule has 34 heavy (non-hydrogen) atoms. The Morgan fingerprint density at radius 1 is 0.735 bits per heavy atom. The molecule has 0 saturated heterocycles. The lowest BCUT2D eigenvalue weighted by Gasteiger charge is -2.10. The number of hydrogen-bond donors (Lipinski definition) is 2. The minimum absolute atomic E-state index is 0.0408. The second-order valence-electron chi connectivity index (χ2n) is 7.32. The van der Waals surface area contributed by atoms with Gasteiger partial charge in [0.2, 0.25) is 0 Å². The Hall–Kier alpha value is -3.57. The van der Waals surface area contributed by atoms with Gasteiger partial charge in [-0.3, -0.25) is 0 Å². The van der Waals surface area contributed by atoms with Crippen molar-refractivity contribution in [1.29, 1.82) is 0 Å². The largest absolute Gasteiger partial charge is 0.382 e. The maximum absolute atomic E-state index is 12.4. The Bertz CT molecular complexity index is 1340. The van der Waals surface area contributed by atoms with Gasteiger partial charge in [0.05, 0.1) is 5.75 Å². The summed E-state index contributed by atoms with van der Waals surface area (Å²) < 4.78 is 58.2. The molecule has 9 nitrogen and oxygen atoms in total. The summed E-state index contributed by atoms with van der Waals surface area (Å²) in [6.07, 6.45) is 0.442. The zero-order chi connectivity index (χ0) is 24.8. The Balaban J connectivity index is 1.56. The number of benzene rings is 3. The standard InChI is InChI=1S/C23H24N2O7S2/c1-3-16-33(27,28)31-20-10-6-18(7-11-20)24-23(26)25-19-8-12-21(13-9-19)32-34(29,30)22-14-4-17(2)5-15-22/h4-15H,3,16H2,1-2H3,(H2,24,25,26). The molecule has 180 valence electrons. The average molecular weight is 505 g/mol. The van der Waals surface area contributed by atoms with Gasteiger partial charge in [-0.05, 0) is 74.0 Å². The zero-order valence-electron chi connectivity index (χ0n) is 18.5. The molecule has 3 rings (SSSR count). The molecule has 0 unspecified atom stereocenters. The number of anilines is 2. The molecule has 2 N–H and O–H groups in total. The smallest absolute Gasteiger partial charge is 0.339 e. The van der Waals surface area contributed by atoms with Crippen LogP contribution in [0.5, 0.6) is 11.5 Å². The van der Waals surface area contributed by atoms with Gasteiger partial charge in [0, 0.05) is 11.4 Å². The molecule has 0 aliphatic carbocycles. The Labute approximate surface area is 199 Å². The molecule has 2 amide bonds. The molecule has 0 fully saturated rings. The monoisotopic (exact) mass is 504 g/mol. The highest BCUT2D eigenvalue weighted by Crippen LogP contribution is 2.22. The normalized spacial score (nSPS) is 11.5. The van der Waals surface area contributed by atoms with Gasteiger partial charge in [-0.15, -0.1) is 0 Å². The van der Waals surface area contributed by atoms with Gasteiger partial charge in [0.25, 0.3) is 0 Å². The van der Waals surface area contributed by atoms with Gasteiger partial charge in [0.1, 0.15) is 16.4 Å². The maximum Gasteiger partial charge on any atom is 0.339 e. The van der Waals surface area contributed by atoms with Crippen molar-refractivity contribution in [1.82, 2.24) is 0 Å². The second kappa shape index (κ2) is 10.6. The first-order chi connectivity index (χ1) is 16.1. The van der Waals surface area contributed by atoms with Gasteiger partial charge in [-0.2, -0.15) is 16.8 Å². The number of rotatable bonds is 9. The van der Waals surface area contributed by atoms with E-state index in [1.165, 1.54) is 60.7 Å². The Kier molecular flexibility index (Phi) is 7.79. The van der Waals surface area contributed by atoms with E-state index in [1.54, 1.807) is 19.1 Å². The quantitative estimate of drug-likeness (QED) is 0.410. The summed E-state index contributed by atoms with van der Waals surface area (Å²) in [5.41, 5.74) is 1.75. The van der Waals surface area contributed by atoms with Crippen LogP contribution in [0, 0.1) is 6.92 Å². The fourth-order valence-electron chi connectivity index (χ4n) is 2.80. The lowest BCUT2D eigenvalue weighted by Crippen LogP contribution is -2.19. The summed E-state index contributed by atoms with van der Waals surface area (Å²) in [6, 6.07) is 17.4. The Morgan fingerprint density at radius 2 is 1.21 bits per heavy atom. The molecule has 0 saturated carbocycles.